The number of halogens is 1. The summed E-state index contributed by atoms with van der Waals surface area (Å²) in [6.45, 7) is 2.48. The molecule has 1 aliphatic heterocycles. The molecular formula is C19H23FN4O. The van der Waals surface area contributed by atoms with E-state index in [2.05, 4.69) is 27.2 Å². The van der Waals surface area contributed by atoms with Crippen LogP contribution in [0.4, 0.5) is 4.39 Å². The summed E-state index contributed by atoms with van der Waals surface area (Å²) in [5.41, 5.74) is 1.98. The minimum atomic E-state index is -0.288. The number of carbonyl (C=O) groups excluding carboxylic acids is 1. The average Bonchev–Trinajstić information content (AvgIpc) is 2.61. The fourth-order valence-corrected chi connectivity index (χ4v) is 3.29. The molecule has 3 rings (SSSR count). The molecule has 1 aromatic carbocycles. The van der Waals surface area contributed by atoms with E-state index in [4.69, 9.17) is 0 Å². The van der Waals surface area contributed by atoms with Crippen LogP contribution in [0.1, 0.15) is 34.6 Å². The van der Waals surface area contributed by atoms with Gasteiger partial charge in [0.25, 0.3) is 5.91 Å². The van der Waals surface area contributed by atoms with Crippen LogP contribution in [0.2, 0.25) is 0 Å². The van der Waals surface area contributed by atoms with Gasteiger partial charge in [-0.2, -0.15) is 0 Å². The second kappa shape index (κ2) is 8.16. The van der Waals surface area contributed by atoms with Gasteiger partial charge in [-0.1, -0.05) is 12.1 Å². The normalized spacial score (nSPS) is 18.1. The van der Waals surface area contributed by atoms with E-state index in [9.17, 15) is 9.18 Å². The van der Waals surface area contributed by atoms with E-state index in [1.165, 1.54) is 18.6 Å². The molecule has 1 aromatic heterocycles. The molecule has 0 aliphatic carbocycles. The molecule has 1 fully saturated rings. The van der Waals surface area contributed by atoms with Crippen molar-refractivity contribution >= 4 is 5.91 Å². The van der Waals surface area contributed by atoms with E-state index in [1.807, 2.05) is 0 Å². The van der Waals surface area contributed by atoms with Crippen LogP contribution < -0.4 is 5.32 Å². The number of likely N-dealkylation sites (tertiary alicyclic amines) is 1. The minimum Gasteiger partial charge on any atom is -0.347 e. The number of nitrogens with one attached hydrogen (secondary N) is 1. The van der Waals surface area contributed by atoms with Crippen LogP contribution in [0.15, 0.2) is 36.7 Å². The molecule has 5 nitrogen and oxygen atoms in total. The second-order valence-electron chi connectivity index (χ2n) is 6.64. The molecule has 132 valence electrons. The molecular weight excluding hydrogens is 319 g/mol. The molecule has 0 bridgehead atoms. The lowest BCUT2D eigenvalue weighted by atomic mass is 9.93. The fourth-order valence-electron chi connectivity index (χ4n) is 3.29. The first-order chi connectivity index (χ1) is 12.1. The van der Waals surface area contributed by atoms with Gasteiger partial charge in [0.15, 0.2) is 0 Å². The van der Waals surface area contributed by atoms with Crippen LogP contribution in [0.3, 0.4) is 0 Å². The van der Waals surface area contributed by atoms with Crippen molar-refractivity contribution in [2.45, 2.75) is 25.8 Å². The molecule has 0 radical (unpaired) electrons. The smallest absolute Gasteiger partial charge is 0.272 e. The third-order valence-corrected chi connectivity index (χ3v) is 4.56. The Morgan fingerprint density at radius 2 is 2.04 bits per heavy atom. The highest BCUT2D eigenvalue weighted by molar-refractivity contribution is 5.93. The number of piperidine rings is 1. The van der Waals surface area contributed by atoms with Gasteiger partial charge in [-0.15, -0.1) is 0 Å². The van der Waals surface area contributed by atoms with Gasteiger partial charge in [0.1, 0.15) is 11.5 Å². The Morgan fingerprint density at radius 3 is 2.80 bits per heavy atom. The van der Waals surface area contributed by atoms with Gasteiger partial charge in [-0.25, -0.2) is 9.37 Å². The van der Waals surface area contributed by atoms with Crippen molar-refractivity contribution in [2.75, 3.05) is 20.1 Å². The molecule has 0 saturated carbocycles. The maximum absolute atomic E-state index is 12.9. The lowest BCUT2D eigenvalue weighted by molar-refractivity contribution is 0.0943. The van der Waals surface area contributed by atoms with Gasteiger partial charge in [-0.3, -0.25) is 9.78 Å². The van der Waals surface area contributed by atoms with E-state index >= 15 is 0 Å². The topological polar surface area (TPSA) is 58.1 Å². The highest BCUT2D eigenvalue weighted by Gasteiger charge is 2.21. The Bertz CT molecular complexity index is 720. The summed E-state index contributed by atoms with van der Waals surface area (Å²) < 4.78 is 12.9. The Kier molecular flexibility index (Phi) is 5.71. The molecule has 2 heterocycles. The number of hydrogen-bond donors (Lipinski definition) is 1. The third kappa shape index (κ3) is 4.82. The number of carbonyl (C=O) groups is 1. The van der Waals surface area contributed by atoms with Crippen LogP contribution in [0.25, 0.3) is 0 Å². The molecule has 0 spiro atoms. The van der Waals surface area contributed by atoms with E-state index in [1.54, 1.807) is 24.5 Å². The number of nitrogens with zero attached hydrogens (tertiary/aromatic N) is 3. The first-order valence-corrected chi connectivity index (χ1v) is 8.63. The summed E-state index contributed by atoms with van der Waals surface area (Å²) in [5.74, 6) is -0.0283. The molecule has 25 heavy (non-hydrogen) atoms. The molecule has 1 atom stereocenters. The lowest BCUT2D eigenvalue weighted by Crippen LogP contribution is -2.34. The van der Waals surface area contributed by atoms with Crippen LogP contribution in [-0.2, 0) is 13.0 Å². The standard InChI is InChI=1S/C19H23FN4O/c1-24-10-2-3-15(13-24)11-17-18(22-9-8-21-17)19(25)23-12-14-4-6-16(20)7-5-14/h4-9,15H,2-3,10-13H2,1H3,(H,23,25). The van der Waals surface area contributed by atoms with Crippen molar-refractivity contribution in [3.63, 3.8) is 0 Å². The maximum Gasteiger partial charge on any atom is 0.272 e. The molecule has 1 aliphatic rings. The minimum absolute atomic E-state index is 0.239. The van der Waals surface area contributed by atoms with Gasteiger partial charge in [-0.05, 0) is 56.5 Å². The molecule has 2 aromatic rings. The zero-order valence-corrected chi connectivity index (χ0v) is 14.4. The predicted octanol–water partition coefficient (Wildman–Crippen LogP) is 2.43. The number of aromatic nitrogens is 2. The van der Waals surface area contributed by atoms with Gasteiger partial charge in [0.05, 0.1) is 5.69 Å². The van der Waals surface area contributed by atoms with Gasteiger partial charge in [0.2, 0.25) is 0 Å². The number of hydrogen-bond acceptors (Lipinski definition) is 4. The Labute approximate surface area is 147 Å². The van der Waals surface area contributed by atoms with Gasteiger partial charge >= 0.3 is 0 Å². The van der Waals surface area contributed by atoms with Crippen molar-refractivity contribution in [1.29, 1.82) is 0 Å². The number of rotatable bonds is 5. The maximum atomic E-state index is 12.9. The van der Waals surface area contributed by atoms with E-state index < -0.39 is 0 Å². The molecule has 6 heteroatoms. The quantitative estimate of drug-likeness (QED) is 0.907. The highest BCUT2D eigenvalue weighted by atomic mass is 19.1. The first-order valence-electron chi connectivity index (χ1n) is 8.63. The first kappa shape index (κ1) is 17.5. The second-order valence-corrected chi connectivity index (χ2v) is 6.64. The Hall–Kier alpha value is -2.34. The van der Waals surface area contributed by atoms with E-state index in [-0.39, 0.29) is 11.7 Å². The molecule has 1 saturated heterocycles. The highest BCUT2D eigenvalue weighted by Crippen LogP contribution is 2.20. The van der Waals surface area contributed by atoms with Crippen molar-refractivity contribution in [3.8, 4) is 0 Å². The monoisotopic (exact) mass is 342 g/mol. The molecule has 1 amide bonds. The Balaban J connectivity index is 1.64. The van der Waals surface area contributed by atoms with E-state index in [0.717, 1.165) is 37.2 Å². The van der Waals surface area contributed by atoms with Crippen molar-refractivity contribution in [1.82, 2.24) is 20.2 Å². The number of benzene rings is 1. The summed E-state index contributed by atoms with van der Waals surface area (Å²) >= 11 is 0. The Morgan fingerprint density at radius 1 is 1.28 bits per heavy atom. The third-order valence-electron chi connectivity index (χ3n) is 4.56. The molecule has 1 unspecified atom stereocenters. The van der Waals surface area contributed by atoms with Crippen LogP contribution in [0, 0.1) is 11.7 Å². The van der Waals surface area contributed by atoms with Crippen LogP contribution in [0.5, 0.6) is 0 Å². The SMILES string of the molecule is CN1CCCC(Cc2nccnc2C(=O)NCc2ccc(F)cc2)C1. The molecule has 1 N–H and O–H groups in total. The van der Waals surface area contributed by atoms with Crippen LogP contribution in [-0.4, -0.2) is 40.9 Å². The summed E-state index contributed by atoms with van der Waals surface area (Å²) in [6, 6.07) is 6.08. The summed E-state index contributed by atoms with van der Waals surface area (Å²) in [6.07, 6.45) is 6.27. The largest absolute Gasteiger partial charge is 0.347 e. The van der Waals surface area contributed by atoms with Crippen molar-refractivity contribution < 1.29 is 9.18 Å². The van der Waals surface area contributed by atoms with Gasteiger partial charge in [0, 0.05) is 25.5 Å². The summed E-state index contributed by atoms with van der Waals surface area (Å²) in [5, 5.41) is 2.85. The van der Waals surface area contributed by atoms with Crippen molar-refractivity contribution in [2.24, 2.45) is 5.92 Å². The van der Waals surface area contributed by atoms with E-state index in [0.29, 0.717) is 18.2 Å². The van der Waals surface area contributed by atoms with Crippen LogP contribution >= 0.6 is 0 Å². The lowest BCUT2D eigenvalue weighted by Gasteiger charge is -2.29. The predicted molar refractivity (Wildman–Crippen MR) is 93.5 cm³/mol. The summed E-state index contributed by atoms with van der Waals surface area (Å²) in [7, 11) is 2.12. The fraction of sp³-hybridized carbons (Fsp3) is 0.421. The van der Waals surface area contributed by atoms with Gasteiger partial charge < -0.3 is 10.2 Å². The average molecular weight is 342 g/mol. The number of amides is 1. The zero-order valence-electron chi connectivity index (χ0n) is 14.4. The summed E-state index contributed by atoms with van der Waals surface area (Å²) in [4.78, 5) is 23.5. The zero-order chi connectivity index (χ0) is 17.6. The van der Waals surface area contributed by atoms with Crippen molar-refractivity contribution in [3.05, 3.63) is 59.4 Å².